The molecule has 0 aliphatic carbocycles. The van der Waals surface area contributed by atoms with Crippen LogP contribution in [0.2, 0.25) is 10.3 Å². The van der Waals surface area contributed by atoms with Gasteiger partial charge in [-0.2, -0.15) is 0 Å². The maximum atomic E-state index is 9.56. The first kappa shape index (κ1) is 12.0. The Balaban J connectivity index is 2.95. The molecule has 2 unspecified atom stereocenters. The topological polar surface area (TPSA) is 53.4 Å². The molecule has 0 saturated heterocycles. The van der Waals surface area contributed by atoms with Crippen LogP contribution in [0.5, 0.6) is 0 Å². The van der Waals surface area contributed by atoms with Gasteiger partial charge < -0.3 is 10.2 Å². The highest BCUT2D eigenvalue weighted by Gasteiger charge is 2.20. The van der Waals surface area contributed by atoms with Gasteiger partial charge in [0.25, 0.3) is 0 Å². The van der Waals surface area contributed by atoms with E-state index in [1.165, 1.54) is 12.1 Å². The van der Waals surface area contributed by atoms with E-state index in [0.29, 0.717) is 5.56 Å². The zero-order chi connectivity index (χ0) is 10.7. The van der Waals surface area contributed by atoms with Crippen LogP contribution in [0.25, 0.3) is 0 Å². The maximum Gasteiger partial charge on any atom is 0.136 e. The molecule has 0 saturated carbocycles. The largest absolute Gasteiger partial charge is 0.389 e. The monoisotopic (exact) mass is 255 g/mol. The van der Waals surface area contributed by atoms with Crippen molar-refractivity contribution < 1.29 is 10.2 Å². The fourth-order valence-corrected chi connectivity index (χ4v) is 1.56. The minimum atomic E-state index is -1.15. The molecule has 2 N–H and O–H groups in total. The third kappa shape index (κ3) is 2.72. The van der Waals surface area contributed by atoms with Crippen molar-refractivity contribution in [3.8, 4) is 0 Å². The summed E-state index contributed by atoms with van der Waals surface area (Å²) in [6, 6.07) is 2.98. The van der Waals surface area contributed by atoms with E-state index in [1.54, 1.807) is 0 Å². The summed E-state index contributed by atoms with van der Waals surface area (Å²) in [6.07, 6.45) is -2.22. The van der Waals surface area contributed by atoms with E-state index in [4.69, 9.17) is 34.8 Å². The first-order valence-electron chi connectivity index (χ1n) is 3.80. The van der Waals surface area contributed by atoms with Crippen molar-refractivity contribution in [1.29, 1.82) is 0 Å². The average Bonchev–Trinajstić information content (AvgIpc) is 2.15. The predicted octanol–water partition coefficient (Wildman–Crippen LogP) is 2.02. The third-order valence-electron chi connectivity index (χ3n) is 1.68. The number of rotatable bonds is 3. The van der Waals surface area contributed by atoms with Gasteiger partial charge in [-0.1, -0.05) is 29.3 Å². The number of alkyl halides is 1. The van der Waals surface area contributed by atoms with Gasteiger partial charge in [-0.25, -0.2) is 4.98 Å². The van der Waals surface area contributed by atoms with Gasteiger partial charge in [0.1, 0.15) is 16.4 Å². The summed E-state index contributed by atoms with van der Waals surface area (Å²) in [6.45, 7) is 0. The molecule has 0 amide bonds. The highest BCUT2D eigenvalue weighted by Crippen LogP contribution is 2.25. The van der Waals surface area contributed by atoms with Gasteiger partial charge in [-0.3, -0.25) is 0 Å². The molecule has 14 heavy (non-hydrogen) atoms. The van der Waals surface area contributed by atoms with Crippen molar-refractivity contribution in [2.24, 2.45) is 0 Å². The van der Waals surface area contributed by atoms with Gasteiger partial charge in [0.15, 0.2) is 0 Å². The standard InChI is InChI=1S/C8H8Cl3NO2/c9-3-5(13)7(14)4-1-2-6(10)12-8(4)11/h1-2,5,7,13-14H,3H2. The molecule has 0 spiro atoms. The molecule has 3 nitrogen and oxygen atoms in total. The number of hydrogen-bond donors (Lipinski definition) is 2. The number of aliphatic hydroxyl groups is 2. The first-order chi connectivity index (χ1) is 6.56. The fraction of sp³-hybridized carbons (Fsp3) is 0.375. The molecule has 1 heterocycles. The molecule has 0 aliphatic heterocycles. The number of pyridine rings is 1. The van der Waals surface area contributed by atoms with E-state index in [2.05, 4.69) is 4.98 Å². The molecule has 0 fully saturated rings. The molecule has 0 bridgehead atoms. The van der Waals surface area contributed by atoms with Crippen molar-refractivity contribution in [2.45, 2.75) is 12.2 Å². The number of halogens is 3. The summed E-state index contributed by atoms with van der Waals surface area (Å²) in [5, 5.41) is 19.1. The molecule has 78 valence electrons. The lowest BCUT2D eigenvalue weighted by atomic mass is 10.1. The van der Waals surface area contributed by atoms with Crippen LogP contribution in [0.15, 0.2) is 12.1 Å². The molecule has 1 rings (SSSR count). The molecule has 2 atom stereocenters. The first-order valence-corrected chi connectivity index (χ1v) is 5.09. The lowest BCUT2D eigenvalue weighted by Crippen LogP contribution is -2.20. The summed E-state index contributed by atoms with van der Waals surface area (Å²) in [5.74, 6) is -0.0832. The molecule has 0 aliphatic rings. The summed E-state index contributed by atoms with van der Waals surface area (Å²) in [7, 11) is 0. The molecule has 6 heteroatoms. The van der Waals surface area contributed by atoms with Gasteiger partial charge in [0, 0.05) is 5.56 Å². The Bertz CT molecular complexity index is 321. The predicted molar refractivity (Wildman–Crippen MR) is 55.9 cm³/mol. The van der Waals surface area contributed by atoms with E-state index in [0.717, 1.165) is 0 Å². The van der Waals surface area contributed by atoms with Gasteiger partial charge >= 0.3 is 0 Å². The van der Waals surface area contributed by atoms with E-state index in [9.17, 15) is 10.2 Å². The van der Waals surface area contributed by atoms with Crippen LogP contribution < -0.4 is 0 Å². The zero-order valence-corrected chi connectivity index (χ0v) is 9.26. The zero-order valence-electron chi connectivity index (χ0n) is 6.99. The van der Waals surface area contributed by atoms with Gasteiger partial charge in [0.2, 0.25) is 0 Å². The van der Waals surface area contributed by atoms with Crippen molar-refractivity contribution in [2.75, 3.05) is 5.88 Å². The van der Waals surface area contributed by atoms with E-state index in [1.807, 2.05) is 0 Å². The van der Waals surface area contributed by atoms with Crippen LogP contribution >= 0.6 is 34.8 Å². The number of hydrogen-bond acceptors (Lipinski definition) is 3. The number of aromatic nitrogens is 1. The van der Waals surface area contributed by atoms with Gasteiger partial charge in [0.05, 0.1) is 12.0 Å². The molecular formula is C8H8Cl3NO2. The van der Waals surface area contributed by atoms with Crippen molar-refractivity contribution in [1.82, 2.24) is 4.98 Å². The van der Waals surface area contributed by atoms with E-state index in [-0.39, 0.29) is 16.2 Å². The minimum Gasteiger partial charge on any atom is -0.389 e. The van der Waals surface area contributed by atoms with Crippen LogP contribution in [0.4, 0.5) is 0 Å². The van der Waals surface area contributed by atoms with E-state index < -0.39 is 12.2 Å². The second-order valence-corrected chi connectivity index (χ2v) is 3.73. The van der Waals surface area contributed by atoms with Crippen LogP contribution in [0.1, 0.15) is 11.7 Å². The lowest BCUT2D eigenvalue weighted by Gasteiger charge is -2.16. The second kappa shape index (κ2) is 5.14. The summed E-state index contributed by atoms with van der Waals surface area (Å²) >= 11 is 16.7. The Hall–Kier alpha value is -0.0600. The molecule has 0 radical (unpaired) electrons. The van der Waals surface area contributed by atoms with Crippen LogP contribution in [0.3, 0.4) is 0 Å². The average molecular weight is 257 g/mol. The quantitative estimate of drug-likeness (QED) is 0.643. The van der Waals surface area contributed by atoms with Crippen molar-refractivity contribution in [3.63, 3.8) is 0 Å². The maximum absolute atomic E-state index is 9.56. The molecule has 1 aromatic heterocycles. The summed E-state index contributed by atoms with van der Waals surface area (Å²) < 4.78 is 0. The van der Waals surface area contributed by atoms with Crippen molar-refractivity contribution in [3.05, 3.63) is 28.0 Å². The van der Waals surface area contributed by atoms with Crippen LogP contribution in [-0.4, -0.2) is 27.2 Å². The third-order valence-corrected chi connectivity index (χ3v) is 2.51. The summed E-state index contributed by atoms with van der Waals surface area (Å²) in [4.78, 5) is 3.73. The number of nitrogens with zero attached hydrogens (tertiary/aromatic N) is 1. The molecule has 0 aromatic carbocycles. The Labute approximate surface area is 96.2 Å². The number of aliphatic hydroxyl groups excluding tert-OH is 2. The highest BCUT2D eigenvalue weighted by molar-refractivity contribution is 6.32. The Morgan fingerprint density at radius 2 is 1.93 bits per heavy atom. The Morgan fingerprint density at radius 3 is 2.43 bits per heavy atom. The highest BCUT2D eigenvalue weighted by atomic mass is 35.5. The van der Waals surface area contributed by atoms with Crippen molar-refractivity contribution >= 4 is 34.8 Å². The minimum absolute atomic E-state index is 0.0640. The normalized spacial score (nSPS) is 15.2. The SMILES string of the molecule is OC(CCl)C(O)c1ccc(Cl)nc1Cl. The smallest absolute Gasteiger partial charge is 0.136 e. The second-order valence-electron chi connectivity index (χ2n) is 2.68. The van der Waals surface area contributed by atoms with Crippen LogP contribution in [-0.2, 0) is 0 Å². The molecular weight excluding hydrogens is 248 g/mol. The Morgan fingerprint density at radius 1 is 1.29 bits per heavy atom. The van der Waals surface area contributed by atoms with E-state index >= 15 is 0 Å². The fourth-order valence-electron chi connectivity index (χ4n) is 0.935. The lowest BCUT2D eigenvalue weighted by molar-refractivity contribution is 0.0326. The van der Waals surface area contributed by atoms with Crippen LogP contribution in [0, 0.1) is 0 Å². The Kier molecular flexibility index (Phi) is 4.41. The summed E-state index contributed by atoms with van der Waals surface area (Å²) in [5.41, 5.74) is 0.309. The molecule has 1 aromatic rings. The van der Waals surface area contributed by atoms with Gasteiger partial charge in [-0.05, 0) is 6.07 Å². The van der Waals surface area contributed by atoms with Gasteiger partial charge in [-0.15, -0.1) is 11.6 Å².